The van der Waals surface area contributed by atoms with Crippen molar-refractivity contribution in [3.05, 3.63) is 65.2 Å². The fourth-order valence-corrected chi connectivity index (χ4v) is 8.29. The lowest BCUT2D eigenvalue weighted by Crippen LogP contribution is -2.41. The number of aliphatic hydroxyl groups excluding tert-OH is 2. The van der Waals surface area contributed by atoms with Gasteiger partial charge in [0.05, 0.1) is 54.4 Å². The number of benzene rings is 1. The Labute approximate surface area is 348 Å². The molecule has 0 radical (unpaired) electrons. The maximum absolute atomic E-state index is 14.2. The minimum atomic E-state index is -4.80. The van der Waals surface area contributed by atoms with Crippen molar-refractivity contribution in [2.75, 3.05) is 39.2 Å². The van der Waals surface area contributed by atoms with Gasteiger partial charge in [-0.1, -0.05) is 103 Å². The Kier molecular flexibility index (Phi) is 20.2. The molecule has 16 heteroatoms. The van der Waals surface area contributed by atoms with Crippen molar-refractivity contribution in [3.63, 3.8) is 0 Å². The lowest BCUT2D eigenvalue weighted by Gasteiger charge is -2.28. The number of fused-ring (bicyclic) bond motifs is 1. The van der Waals surface area contributed by atoms with Gasteiger partial charge in [-0.15, -0.1) is 0 Å². The van der Waals surface area contributed by atoms with E-state index in [0.29, 0.717) is 23.4 Å². The first-order valence-electron chi connectivity index (χ1n) is 21.2. The van der Waals surface area contributed by atoms with E-state index in [1.165, 1.54) is 106 Å². The normalized spacial score (nSPS) is 20.8. The van der Waals surface area contributed by atoms with Crippen molar-refractivity contribution in [1.29, 1.82) is 10.5 Å². The number of anilines is 1. The molecule has 3 heterocycles. The molecular weight excluding hydrogens is 778 g/mol. The number of hydrogen-bond acceptors (Lipinski definition) is 12. The molecule has 0 bridgehead atoms. The first-order valence-corrected chi connectivity index (χ1v) is 22.7. The van der Waals surface area contributed by atoms with Gasteiger partial charge in [-0.05, 0) is 55.4 Å². The molecular formula is C43H64FN6O8P. The van der Waals surface area contributed by atoms with Crippen LogP contribution < -0.4 is 5.73 Å². The van der Waals surface area contributed by atoms with Crippen LogP contribution in [-0.2, 0) is 35.2 Å². The van der Waals surface area contributed by atoms with Crippen LogP contribution in [0.5, 0.6) is 0 Å². The van der Waals surface area contributed by atoms with Gasteiger partial charge in [-0.25, -0.2) is 13.5 Å². The molecule has 1 aromatic carbocycles. The summed E-state index contributed by atoms with van der Waals surface area (Å²) in [7, 11) is -3.07. The zero-order chi connectivity index (χ0) is 42.7. The molecule has 326 valence electrons. The predicted molar refractivity (Wildman–Crippen MR) is 222 cm³/mol. The van der Waals surface area contributed by atoms with Crippen molar-refractivity contribution < 1.29 is 42.6 Å². The number of ether oxygens (including phenoxy) is 2. The molecule has 4 rings (SSSR count). The zero-order valence-electron chi connectivity index (χ0n) is 34.7. The monoisotopic (exact) mass is 842 g/mol. The number of likely N-dealkylation sites (N-methyl/N-ethyl adjacent to an activating group) is 1. The molecule has 3 aromatic rings. The van der Waals surface area contributed by atoms with Gasteiger partial charge < -0.3 is 30.3 Å². The molecule has 1 saturated heterocycles. The topological polar surface area (TPSA) is 209 Å². The van der Waals surface area contributed by atoms with E-state index in [-0.39, 0.29) is 31.0 Å². The first-order chi connectivity index (χ1) is 28.4. The van der Waals surface area contributed by atoms with Crippen LogP contribution in [0, 0.1) is 28.5 Å². The van der Waals surface area contributed by atoms with Crippen molar-refractivity contribution >= 4 is 19.0 Å². The Balaban J connectivity index is 1.23. The fourth-order valence-electron chi connectivity index (χ4n) is 7.52. The number of nitrogen functional groups attached to an aromatic ring is 1. The molecule has 0 aliphatic carbocycles. The third kappa shape index (κ3) is 14.6. The minimum absolute atomic E-state index is 0.102. The highest BCUT2D eigenvalue weighted by molar-refractivity contribution is 7.47. The largest absolute Gasteiger partial charge is 0.472 e. The summed E-state index contributed by atoms with van der Waals surface area (Å²) in [6, 6.07) is 12.0. The smallest absolute Gasteiger partial charge is 0.397 e. The average molecular weight is 843 g/mol. The van der Waals surface area contributed by atoms with Gasteiger partial charge in [0.25, 0.3) is 0 Å². The number of hydrogen-bond donors (Lipinski definition) is 4. The van der Waals surface area contributed by atoms with Crippen molar-refractivity contribution in [1.82, 2.24) is 14.5 Å². The van der Waals surface area contributed by atoms with E-state index in [4.69, 9.17) is 24.3 Å². The van der Waals surface area contributed by atoms with Crippen LogP contribution in [0.3, 0.4) is 0 Å². The average Bonchev–Trinajstić information content (AvgIpc) is 3.76. The molecule has 59 heavy (non-hydrogen) atoms. The number of nitrogens with two attached hydrogens (primary N) is 1. The van der Waals surface area contributed by atoms with E-state index < -0.39 is 50.2 Å². The Morgan fingerprint density at radius 1 is 0.949 bits per heavy atom. The Hall–Kier alpha value is -3.47. The van der Waals surface area contributed by atoms with Gasteiger partial charge in [0.2, 0.25) is 5.60 Å². The van der Waals surface area contributed by atoms with Gasteiger partial charge >= 0.3 is 7.82 Å². The van der Waals surface area contributed by atoms with Crippen LogP contribution in [0.25, 0.3) is 5.52 Å². The highest BCUT2D eigenvalue weighted by atomic mass is 31.2. The molecule has 1 fully saturated rings. The van der Waals surface area contributed by atoms with Crippen molar-refractivity contribution in [2.24, 2.45) is 0 Å². The Morgan fingerprint density at radius 2 is 1.58 bits per heavy atom. The van der Waals surface area contributed by atoms with Crippen LogP contribution in [-0.4, -0.2) is 87.4 Å². The lowest BCUT2D eigenvalue weighted by molar-refractivity contribution is -0.0649. The van der Waals surface area contributed by atoms with E-state index in [1.54, 1.807) is 30.1 Å². The lowest BCUT2D eigenvalue weighted by atomic mass is 9.92. The van der Waals surface area contributed by atoms with Crippen molar-refractivity contribution in [2.45, 2.75) is 146 Å². The number of rotatable bonds is 29. The molecule has 1 unspecified atom stereocenters. The fraction of sp³-hybridized carbons (Fsp3) is 0.651. The number of nitriles is 2. The van der Waals surface area contributed by atoms with E-state index >= 15 is 0 Å². The van der Waals surface area contributed by atoms with Crippen LogP contribution in [0.1, 0.15) is 126 Å². The number of nitrogens with zero attached hydrogens (tertiary/aromatic N) is 5. The number of phosphoric ester groups is 1. The van der Waals surface area contributed by atoms with Crippen LogP contribution >= 0.6 is 7.82 Å². The molecule has 0 amide bonds. The summed E-state index contributed by atoms with van der Waals surface area (Å²) in [5.41, 5.74) is 5.54. The number of unbranched alkanes of at least 4 members (excludes halogenated alkanes) is 15. The molecule has 6 atom stereocenters. The number of aromatic nitrogens is 2. The SMILES string of the molecule is CCCCCCCCCCCCCCCCCCOC[C@H](COP(=O)(O)OC[C@H]1O[C@@](C#N)(c2ccc3c(N)ccnn23)[C@H](O)[C@@H]1O)N(C)Cc1cc(F)cc(C#N)c1. The van der Waals surface area contributed by atoms with Crippen molar-refractivity contribution in [3.8, 4) is 12.1 Å². The third-order valence-electron chi connectivity index (χ3n) is 11.0. The summed E-state index contributed by atoms with van der Waals surface area (Å²) in [6.45, 7) is 2.01. The van der Waals surface area contributed by atoms with Gasteiger partial charge in [-0.2, -0.15) is 15.6 Å². The maximum atomic E-state index is 14.2. The van der Waals surface area contributed by atoms with E-state index in [1.807, 2.05) is 12.1 Å². The quantitative estimate of drug-likeness (QED) is 0.0391. The standard InChI is InChI=1S/C43H64FN6O8P/c1-3-4-5-6-7-8-9-10-11-12-13-14-15-16-17-18-23-55-29-36(49(2)28-34-24-33(27-45)25-35(44)26-34)30-56-59(53,54)57-31-39-41(51)42(52)43(32-46,58-39)40-20-19-38-37(47)21-22-48-50(38)40/h19-22,24-26,36,39,41-42,51-52H,3-18,23,28-31,47H2,1-2H3,(H,53,54)/t36-,39-,41-,42-,43+/m1/s1. The molecule has 2 aromatic heterocycles. The van der Waals surface area contributed by atoms with E-state index in [0.717, 1.165) is 25.3 Å². The van der Waals surface area contributed by atoms with Gasteiger partial charge in [0.1, 0.15) is 30.2 Å². The Morgan fingerprint density at radius 3 is 2.19 bits per heavy atom. The molecule has 0 spiro atoms. The summed E-state index contributed by atoms with van der Waals surface area (Å²) in [4.78, 5) is 12.5. The van der Waals surface area contributed by atoms with Gasteiger partial charge in [0.15, 0.2) is 0 Å². The number of aliphatic hydroxyl groups is 2. The predicted octanol–water partition coefficient (Wildman–Crippen LogP) is 7.68. The molecule has 14 nitrogen and oxygen atoms in total. The summed E-state index contributed by atoms with van der Waals surface area (Å²) in [6.07, 6.45) is 16.8. The Bertz CT molecular complexity index is 1850. The van der Waals surface area contributed by atoms with Gasteiger partial charge in [-0.3, -0.25) is 13.9 Å². The molecule has 1 aliphatic heterocycles. The summed E-state index contributed by atoms with van der Waals surface area (Å²) in [5.74, 6) is -0.555. The number of halogens is 1. The number of phosphoric acid groups is 1. The van der Waals surface area contributed by atoms with Gasteiger partial charge in [0, 0.05) is 19.3 Å². The molecule has 0 saturated carbocycles. The van der Waals surface area contributed by atoms with Crippen LogP contribution in [0.2, 0.25) is 0 Å². The van der Waals surface area contributed by atoms with Crippen LogP contribution in [0.15, 0.2) is 42.6 Å². The summed E-state index contributed by atoms with van der Waals surface area (Å²) in [5, 5.41) is 45.6. The summed E-state index contributed by atoms with van der Waals surface area (Å²) < 4.78 is 51.2. The first kappa shape index (κ1) is 48.2. The highest BCUT2D eigenvalue weighted by Gasteiger charge is 2.58. The second-order valence-electron chi connectivity index (χ2n) is 15.7. The van der Waals surface area contributed by atoms with Crippen LogP contribution in [0.4, 0.5) is 10.1 Å². The maximum Gasteiger partial charge on any atom is 0.472 e. The minimum Gasteiger partial charge on any atom is -0.397 e. The molecule has 5 N–H and O–H groups in total. The second kappa shape index (κ2) is 24.7. The van der Waals surface area contributed by atoms with E-state index in [9.17, 15) is 34.6 Å². The second-order valence-corrected chi connectivity index (χ2v) is 17.2. The van der Waals surface area contributed by atoms with E-state index in [2.05, 4.69) is 12.0 Å². The third-order valence-corrected chi connectivity index (χ3v) is 12.0. The zero-order valence-corrected chi connectivity index (χ0v) is 35.6. The highest BCUT2D eigenvalue weighted by Crippen LogP contribution is 2.46. The molecule has 1 aliphatic rings. The summed E-state index contributed by atoms with van der Waals surface area (Å²) >= 11 is 0.